The van der Waals surface area contributed by atoms with Gasteiger partial charge in [0.05, 0.1) is 19.1 Å². The fourth-order valence-corrected chi connectivity index (χ4v) is 2.11. The molecule has 7 heteroatoms. The average Bonchev–Trinajstić information content (AvgIpc) is 2.52. The van der Waals surface area contributed by atoms with Crippen molar-refractivity contribution in [2.24, 2.45) is 0 Å². The van der Waals surface area contributed by atoms with Gasteiger partial charge in [-0.15, -0.1) is 0 Å². The van der Waals surface area contributed by atoms with Crippen LogP contribution in [-0.2, 0) is 4.74 Å². The summed E-state index contributed by atoms with van der Waals surface area (Å²) in [5.41, 5.74) is 0. The highest BCUT2D eigenvalue weighted by Crippen LogP contribution is 2.20. The van der Waals surface area contributed by atoms with Crippen molar-refractivity contribution in [2.45, 2.75) is 24.9 Å². The van der Waals surface area contributed by atoms with Crippen molar-refractivity contribution in [3.05, 3.63) is 6.07 Å². The van der Waals surface area contributed by atoms with Crippen LogP contribution in [0.1, 0.15) is 19.8 Å². The monoisotopic (exact) mass is 309 g/mol. The second kappa shape index (κ2) is 10.2. The van der Waals surface area contributed by atoms with E-state index >= 15 is 0 Å². The van der Waals surface area contributed by atoms with Crippen molar-refractivity contribution in [2.75, 3.05) is 49.8 Å². The molecule has 0 amide bonds. The van der Waals surface area contributed by atoms with E-state index in [-0.39, 0.29) is 0 Å². The van der Waals surface area contributed by atoms with Crippen LogP contribution in [0.15, 0.2) is 11.2 Å². The first kappa shape index (κ1) is 17.5. The molecule has 0 saturated carbocycles. The Kier molecular flexibility index (Phi) is 8.55. The van der Waals surface area contributed by atoms with E-state index in [1.165, 1.54) is 11.8 Å². The maximum absolute atomic E-state index is 8.80. The third-order valence-electron chi connectivity index (χ3n) is 2.81. The van der Waals surface area contributed by atoms with Crippen molar-refractivity contribution in [3.8, 4) is 6.07 Å². The Morgan fingerprint density at radius 1 is 1.43 bits per heavy atom. The molecule has 0 aliphatic carbocycles. The summed E-state index contributed by atoms with van der Waals surface area (Å²) in [6.07, 6.45) is 3.45. The number of rotatable bonds is 10. The molecule has 0 atom stereocenters. The van der Waals surface area contributed by atoms with E-state index in [1.807, 2.05) is 12.3 Å². The van der Waals surface area contributed by atoms with E-state index in [1.54, 1.807) is 7.11 Å². The van der Waals surface area contributed by atoms with Gasteiger partial charge in [-0.2, -0.15) is 5.26 Å². The Bertz CT molecular complexity index is 463. The molecule has 1 aromatic rings. The van der Waals surface area contributed by atoms with Crippen molar-refractivity contribution in [1.82, 2.24) is 9.97 Å². The molecule has 1 heterocycles. The normalized spacial score (nSPS) is 10.2. The largest absolute Gasteiger partial charge is 0.383 e. The van der Waals surface area contributed by atoms with Crippen LogP contribution >= 0.6 is 11.8 Å². The van der Waals surface area contributed by atoms with Crippen molar-refractivity contribution >= 4 is 23.4 Å². The van der Waals surface area contributed by atoms with Gasteiger partial charge in [0.25, 0.3) is 0 Å². The van der Waals surface area contributed by atoms with Gasteiger partial charge < -0.3 is 15.0 Å². The third-order valence-corrected chi connectivity index (χ3v) is 3.36. The second-order valence-corrected chi connectivity index (χ2v) is 5.19. The zero-order valence-electron chi connectivity index (χ0n) is 12.9. The number of anilines is 2. The number of methoxy groups -OCH3 is 1. The average molecular weight is 309 g/mol. The number of nitriles is 1. The molecule has 1 rings (SSSR count). The number of thioether (sulfide) groups is 1. The van der Waals surface area contributed by atoms with Gasteiger partial charge in [-0.3, -0.25) is 0 Å². The summed E-state index contributed by atoms with van der Waals surface area (Å²) in [5, 5.41) is 12.8. The van der Waals surface area contributed by atoms with Crippen molar-refractivity contribution in [1.29, 1.82) is 5.26 Å². The Morgan fingerprint density at radius 2 is 2.24 bits per heavy atom. The predicted octanol–water partition coefficient (Wildman–Crippen LogP) is 2.39. The van der Waals surface area contributed by atoms with Gasteiger partial charge in [-0.05, 0) is 12.7 Å². The molecule has 1 N–H and O–H groups in total. The van der Waals surface area contributed by atoms with Crippen LogP contribution in [0.2, 0.25) is 0 Å². The molecule has 21 heavy (non-hydrogen) atoms. The number of aromatic nitrogens is 2. The van der Waals surface area contributed by atoms with Crippen molar-refractivity contribution < 1.29 is 4.74 Å². The highest BCUT2D eigenvalue weighted by atomic mass is 32.2. The van der Waals surface area contributed by atoms with Gasteiger partial charge in [0, 0.05) is 32.8 Å². The molecule has 0 radical (unpaired) electrons. The standard InChI is InChI=1S/C14H23N5OS/c1-4-7-16-12-11-13(18-14(17-12)21-3)19(8-5-6-15)9-10-20-2/h11H,4-5,7-10H2,1-3H3,(H,16,17,18). The molecule has 0 aliphatic heterocycles. The molecular formula is C14H23N5OS. The maximum atomic E-state index is 8.80. The lowest BCUT2D eigenvalue weighted by Crippen LogP contribution is -2.29. The maximum Gasteiger partial charge on any atom is 0.191 e. The van der Waals surface area contributed by atoms with Gasteiger partial charge in [-0.1, -0.05) is 18.7 Å². The Hall–Kier alpha value is -1.52. The van der Waals surface area contributed by atoms with E-state index in [4.69, 9.17) is 10.00 Å². The first-order chi connectivity index (χ1) is 10.2. The quantitative estimate of drug-likeness (QED) is 0.525. The summed E-state index contributed by atoms with van der Waals surface area (Å²) in [5.74, 6) is 1.66. The molecular weight excluding hydrogens is 286 g/mol. The van der Waals surface area contributed by atoms with Crippen LogP contribution in [0, 0.1) is 11.3 Å². The van der Waals surface area contributed by atoms with Gasteiger partial charge >= 0.3 is 0 Å². The number of hydrogen-bond acceptors (Lipinski definition) is 7. The van der Waals surface area contributed by atoms with E-state index in [9.17, 15) is 0 Å². The lowest BCUT2D eigenvalue weighted by atomic mass is 10.3. The third kappa shape index (κ3) is 6.19. The lowest BCUT2D eigenvalue weighted by Gasteiger charge is -2.23. The molecule has 0 bridgehead atoms. The summed E-state index contributed by atoms with van der Waals surface area (Å²) in [6, 6.07) is 4.11. The molecule has 0 fully saturated rings. The van der Waals surface area contributed by atoms with Crippen LogP contribution in [-0.4, -0.2) is 49.6 Å². The second-order valence-electron chi connectivity index (χ2n) is 4.41. The summed E-state index contributed by atoms with van der Waals surface area (Å²) in [7, 11) is 1.67. The topological polar surface area (TPSA) is 74.1 Å². The zero-order valence-corrected chi connectivity index (χ0v) is 13.7. The Balaban J connectivity index is 2.95. The minimum atomic E-state index is 0.458. The molecule has 1 aromatic heterocycles. The summed E-state index contributed by atoms with van der Waals surface area (Å²) in [4.78, 5) is 11.0. The highest BCUT2D eigenvalue weighted by molar-refractivity contribution is 7.98. The van der Waals surface area contributed by atoms with Crippen LogP contribution < -0.4 is 10.2 Å². The molecule has 0 aliphatic rings. The Labute approximate surface area is 130 Å². The van der Waals surface area contributed by atoms with Crippen molar-refractivity contribution in [3.63, 3.8) is 0 Å². The van der Waals surface area contributed by atoms with Crippen LogP contribution in [0.3, 0.4) is 0 Å². The number of ether oxygens (including phenoxy) is 1. The first-order valence-electron chi connectivity index (χ1n) is 7.02. The predicted molar refractivity (Wildman–Crippen MR) is 86.9 cm³/mol. The number of nitrogens with zero attached hydrogens (tertiary/aromatic N) is 4. The van der Waals surface area contributed by atoms with Crippen LogP contribution in [0.5, 0.6) is 0 Å². The van der Waals surface area contributed by atoms with Crippen LogP contribution in [0.25, 0.3) is 0 Å². The van der Waals surface area contributed by atoms with E-state index in [2.05, 4.69) is 33.2 Å². The zero-order chi connectivity index (χ0) is 15.5. The molecule has 0 aromatic carbocycles. The minimum absolute atomic E-state index is 0.458. The smallest absolute Gasteiger partial charge is 0.191 e. The molecule has 0 unspecified atom stereocenters. The summed E-state index contributed by atoms with van der Waals surface area (Å²) >= 11 is 1.51. The lowest BCUT2D eigenvalue weighted by molar-refractivity contribution is 0.205. The van der Waals surface area contributed by atoms with Gasteiger partial charge in [0.2, 0.25) is 0 Å². The van der Waals surface area contributed by atoms with Crippen LogP contribution in [0.4, 0.5) is 11.6 Å². The van der Waals surface area contributed by atoms with E-state index < -0.39 is 0 Å². The summed E-state index contributed by atoms with van der Waals surface area (Å²) in [6.45, 7) is 4.93. The number of hydrogen-bond donors (Lipinski definition) is 1. The fourth-order valence-electron chi connectivity index (χ4n) is 1.74. The first-order valence-corrected chi connectivity index (χ1v) is 8.25. The minimum Gasteiger partial charge on any atom is -0.383 e. The van der Waals surface area contributed by atoms with E-state index in [0.717, 1.165) is 29.8 Å². The SMILES string of the molecule is CCCNc1cc(N(CCC#N)CCOC)nc(SC)n1. The van der Waals surface area contributed by atoms with Gasteiger partial charge in [-0.25, -0.2) is 9.97 Å². The summed E-state index contributed by atoms with van der Waals surface area (Å²) < 4.78 is 5.14. The molecule has 0 saturated heterocycles. The Morgan fingerprint density at radius 3 is 2.86 bits per heavy atom. The number of nitrogens with one attached hydrogen (secondary N) is 1. The van der Waals surface area contributed by atoms with Gasteiger partial charge in [0.15, 0.2) is 5.16 Å². The molecule has 6 nitrogen and oxygen atoms in total. The fraction of sp³-hybridized carbons (Fsp3) is 0.643. The van der Waals surface area contributed by atoms with Gasteiger partial charge in [0.1, 0.15) is 11.6 Å². The highest BCUT2D eigenvalue weighted by Gasteiger charge is 2.11. The molecule has 0 spiro atoms. The molecule has 116 valence electrons. The van der Waals surface area contributed by atoms with E-state index in [0.29, 0.717) is 26.1 Å².